The number of hydrogen-bond acceptors (Lipinski definition) is 5. The Morgan fingerprint density at radius 3 is 2.89 bits per heavy atom. The number of thiophene rings is 1. The maximum atomic E-state index is 11.9. The molecule has 2 heterocycles. The van der Waals surface area contributed by atoms with Crippen molar-refractivity contribution in [2.75, 3.05) is 12.4 Å². The number of aromatic nitrogens is 3. The lowest BCUT2D eigenvalue weighted by Gasteiger charge is -1.97. The van der Waals surface area contributed by atoms with Gasteiger partial charge in [-0.2, -0.15) is 4.98 Å². The molecule has 0 aromatic carbocycles. The SMILES string of the molecule is COc1csc(C(=O)Nc2n[nH]c(C(C)C)n2)c1. The van der Waals surface area contributed by atoms with Crippen LogP contribution < -0.4 is 10.1 Å². The van der Waals surface area contributed by atoms with E-state index in [-0.39, 0.29) is 17.8 Å². The fourth-order valence-electron chi connectivity index (χ4n) is 1.30. The zero-order valence-corrected chi connectivity index (χ0v) is 11.2. The molecule has 1 amide bonds. The summed E-state index contributed by atoms with van der Waals surface area (Å²) in [4.78, 5) is 16.6. The third-order valence-corrected chi connectivity index (χ3v) is 3.22. The van der Waals surface area contributed by atoms with E-state index in [0.717, 1.165) is 5.82 Å². The van der Waals surface area contributed by atoms with Crippen molar-refractivity contribution in [3.63, 3.8) is 0 Å². The summed E-state index contributed by atoms with van der Waals surface area (Å²) in [5, 5.41) is 11.1. The lowest BCUT2D eigenvalue weighted by Crippen LogP contribution is -2.11. The van der Waals surface area contributed by atoms with Gasteiger partial charge in [0.05, 0.1) is 12.0 Å². The molecule has 2 N–H and O–H groups in total. The second kappa shape index (κ2) is 5.18. The molecule has 0 bridgehead atoms. The molecule has 0 aliphatic heterocycles. The number of carbonyl (C=O) groups excluding carboxylic acids is 1. The summed E-state index contributed by atoms with van der Waals surface area (Å²) < 4.78 is 5.02. The molecule has 2 aromatic heterocycles. The number of nitrogens with one attached hydrogen (secondary N) is 2. The van der Waals surface area contributed by atoms with E-state index >= 15 is 0 Å². The highest BCUT2D eigenvalue weighted by molar-refractivity contribution is 7.12. The highest BCUT2D eigenvalue weighted by Gasteiger charge is 2.13. The Balaban J connectivity index is 2.06. The van der Waals surface area contributed by atoms with Gasteiger partial charge in [-0.1, -0.05) is 13.8 Å². The number of ether oxygens (including phenoxy) is 1. The summed E-state index contributed by atoms with van der Waals surface area (Å²) in [5.74, 6) is 1.70. The minimum atomic E-state index is -0.238. The quantitative estimate of drug-likeness (QED) is 0.889. The van der Waals surface area contributed by atoms with Gasteiger partial charge in [0.2, 0.25) is 5.95 Å². The number of carbonyl (C=O) groups is 1. The van der Waals surface area contributed by atoms with E-state index in [0.29, 0.717) is 10.6 Å². The van der Waals surface area contributed by atoms with Crippen LogP contribution in [0.2, 0.25) is 0 Å². The second-order valence-corrected chi connectivity index (χ2v) is 4.92. The third kappa shape index (κ3) is 2.67. The van der Waals surface area contributed by atoms with Crippen molar-refractivity contribution in [2.45, 2.75) is 19.8 Å². The summed E-state index contributed by atoms with van der Waals surface area (Å²) in [6.07, 6.45) is 0. The first kappa shape index (κ1) is 12.6. The molecule has 6 nitrogen and oxygen atoms in total. The van der Waals surface area contributed by atoms with E-state index in [2.05, 4.69) is 20.5 Å². The molecule has 0 unspecified atom stereocenters. The highest BCUT2D eigenvalue weighted by Crippen LogP contribution is 2.21. The Morgan fingerprint density at radius 2 is 2.33 bits per heavy atom. The average Bonchev–Trinajstić information content (AvgIpc) is 2.96. The molecule has 0 aliphatic carbocycles. The fourth-order valence-corrected chi connectivity index (χ4v) is 2.05. The molecule has 18 heavy (non-hydrogen) atoms. The monoisotopic (exact) mass is 266 g/mol. The Hall–Kier alpha value is -1.89. The summed E-state index contributed by atoms with van der Waals surface area (Å²) >= 11 is 1.31. The van der Waals surface area contributed by atoms with Gasteiger partial charge >= 0.3 is 0 Å². The first-order valence-corrected chi connectivity index (χ1v) is 6.34. The molecule has 0 atom stereocenters. The van der Waals surface area contributed by atoms with Crippen LogP contribution in [0.15, 0.2) is 11.4 Å². The number of aromatic amines is 1. The topological polar surface area (TPSA) is 79.9 Å². The first-order chi connectivity index (χ1) is 8.60. The zero-order valence-electron chi connectivity index (χ0n) is 10.4. The Labute approximate surface area is 108 Å². The van der Waals surface area contributed by atoms with Crippen LogP contribution >= 0.6 is 11.3 Å². The summed E-state index contributed by atoms with van der Waals surface area (Å²) in [6.45, 7) is 3.99. The van der Waals surface area contributed by atoms with Crippen LogP contribution in [0.25, 0.3) is 0 Å². The van der Waals surface area contributed by atoms with Gasteiger partial charge in [0.25, 0.3) is 5.91 Å². The van der Waals surface area contributed by atoms with Crippen molar-refractivity contribution in [3.8, 4) is 5.75 Å². The minimum absolute atomic E-state index is 0.238. The van der Waals surface area contributed by atoms with Crippen LogP contribution in [-0.2, 0) is 0 Å². The number of amides is 1. The Morgan fingerprint density at radius 1 is 1.56 bits per heavy atom. The number of H-pyrrole nitrogens is 1. The normalized spacial score (nSPS) is 10.7. The van der Waals surface area contributed by atoms with E-state index in [1.165, 1.54) is 11.3 Å². The number of anilines is 1. The molecule has 2 aromatic rings. The third-order valence-electron chi connectivity index (χ3n) is 2.31. The minimum Gasteiger partial charge on any atom is -0.496 e. The lowest BCUT2D eigenvalue weighted by molar-refractivity contribution is 0.102. The smallest absolute Gasteiger partial charge is 0.268 e. The van der Waals surface area contributed by atoms with Crippen LogP contribution in [0.1, 0.15) is 35.3 Å². The van der Waals surface area contributed by atoms with Crippen molar-refractivity contribution in [1.82, 2.24) is 15.2 Å². The van der Waals surface area contributed by atoms with E-state index in [1.807, 2.05) is 13.8 Å². The highest BCUT2D eigenvalue weighted by atomic mass is 32.1. The van der Waals surface area contributed by atoms with Crippen LogP contribution in [0.4, 0.5) is 5.95 Å². The number of nitrogens with zero attached hydrogens (tertiary/aromatic N) is 2. The molecule has 0 radical (unpaired) electrons. The molecule has 0 fully saturated rings. The van der Waals surface area contributed by atoms with E-state index in [4.69, 9.17) is 4.74 Å². The maximum Gasteiger partial charge on any atom is 0.268 e. The molecular weight excluding hydrogens is 252 g/mol. The average molecular weight is 266 g/mol. The van der Waals surface area contributed by atoms with E-state index in [9.17, 15) is 4.79 Å². The van der Waals surface area contributed by atoms with Crippen LogP contribution in [0.3, 0.4) is 0 Å². The van der Waals surface area contributed by atoms with Crippen molar-refractivity contribution >= 4 is 23.2 Å². The van der Waals surface area contributed by atoms with Gasteiger partial charge in [-0.15, -0.1) is 16.4 Å². The van der Waals surface area contributed by atoms with E-state index < -0.39 is 0 Å². The van der Waals surface area contributed by atoms with Gasteiger partial charge < -0.3 is 4.74 Å². The van der Waals surface area contributed by atoms with Gasteiger partial charge in [-0.3, -0.25) is 15.2 Å². The molecule has 0 saturated heterocycles. The molecular formula is C11H14N4O2S. The molecule has 0 spiro atoms. The zero-order chi connectivity index (χ0) is 13.1. The van der Waals surface area contributed by atoms with Gasteiger partial charge in [0.1, 0.15) is 11.6 Å². The Bertz CT molecular complexity index is 547. The molecule has 0 saturated carbocycles. The fraction of sp³-hybridized carbons (Fsp3) is 0.364. The van der Waals surface area contributed by atoms with Crippen molar-refractivity contribution in [3.05, 3.63) is 22.1 Å². The summed E-state index contributed by atoms with van der Waals surface area (Å²) in [5.41, 5.74) is 0. The molecule has 7 heteroatoms. The largest absolute Gasteiger partial charge is 0.496 e. The summed E-state index contributed by atoms with van der Waals surface area (Å²) in [6, 6.07) is 1.68. The Kier molecular flexibility index (Phi) is 3.61. The maximum absolute atomic E-state index is 11.9. The van der Waals surface area contributed by atoms with Crippen LogP contribution in [0.5, 0.6) is 5.75 Å². The van der Waals surface area contributed by atoms with Crippen molar-refractivity contribution in [2.24, 2.45) is 0 Å². The number of rotatable bonds is 4. The van der Waals surface area contributed by atoms with Gasteiger partial charge in [-0.25, -0.2) is 0 Å². The van der Waals surface area contributed by atoms with Crippen molar-refractivity contribution < 1.29 is 9.53 Å². The molecule has 96 valence electrons. The van der Waals surface area contributed by atoms with Crippen LogP contribution in [-0.4, -0.2) is 28.2 Å². The first-order valence-electron chi connectivity index (χ1n) is 5.46. The standard InChI is InChI=1S/C11H14N4O2S/c1-6(2)9-12-11(15-14-9)13-10(16)8-4-7(17-3)5-18-8/h4-6H,1-3H3,(H2,12,13,14,15,16). The van der Waals surface area contributed by atoms with Crippen molar-refractivity contribution in [1.29, 1.82) is 0 Å². The number of methoxy groups -OCH3 is 1. The van der Waals surface area contributed by atoms with Gasteiger partial charge in [0, 0.05) is 17.4 Å². The molecule has 0 aliphatic rings. The van der Waals surface area contributed by atoms with Gasteiger partial charge in [-0.05, 0) is 0 Å². The van der Waals surface area contributed by atoms with E-state index in [1.54, 1.807) is 18.6 Å². The predicted octanol–water partition coefficient (Wildman–Crippen LogP) is 2.25. The molecule has 2 rings (SSSR count). The second-order valence-electron chi connectivity index (χ2n) is 4.00. The summed E-state index contributed by atoms with van der Waals surface area (Å²) in [7, 11) is 1.56. The van der Waals surface area contributed by atoms with Crippen LogP contribution in [0, 0.1) is 0 Å². The predicted molar refractivity (Wildman–Crippen MR) is 69.3 cm³/mol. The van der Waals surface area contributed by atoms with Gasteiger partial charge in [0.15, 0.2) is 0 Å². The lowest BCUT2D eigenvalue weighted by atomic mass is 10.2. The number of hydrogen-bond donors (Lipinski definition) is 2.